The number of hydrogen-bond donors (Lipinski definition) is 0. The molecule has 28 heavy (non-hydrogen) atoms. The third-order valence-corrected chi connectivity index (χ3v) is 6.23. The normalized spacial score (nSPS) is 14.0. The number of carboxylic acid groups (broad SMARTS) is 1. The molecule has 2 unspecified atom stereocenters. The zero-order chi connectivity index (χ0) is 21.4. The first-order valence-electron chi connectivity index (χ1n) is 11.4. The Kier molecular flexibility index (Phi) is 15.9. The summed E-state index contributed by atoms with van der Waals surface area (Å²) in [5, 5.41) is 11.3. The van der Waals surface area contributed by atoms with Crippen LogP contribution in [-0.2, 0) is 9.59 Å². The van der Waals surface area contributed by atoms with Gasteiger partial charge in [-0.15, -0.1) is 0 Å². The van der Waals surface area contributed by atoms with Gasteiger partial charge in [0.15, 0.2) is 5.50 Å². The molecule has 0 aromatic carbocycles. The number of carboxylic acids is 1. The third kappa shape index (κ3) is 14.4. The SMILES string of the molecule is CCCCCCCCCCCCCCCC(=O)C(CC(Cl)[N+](C)(C)C)C(=O)[O-]. The van der Waals surface area contributed by atoms with Crippen LogP contribution >= 0.6 is 11.6 Å². The molecule has 0 heterocycles. The zero-order valence-electron chi connectivity index (χ0n) is 18.8. The maximum Gasteiger partial charge on any atom is 0.165 e. The van der Waals surface area contributed by atoms with E-state index >= 15 is 0 Å². The summed E-state index contributed by atoms with van der Waals surface area (Å²) in [5.41, 5.74) is -0.418. The van der Waals surface area contributed by atoms with Crippen molar-refractivity contribution in [1.29, 1.82) is 0 Å². The maximum atomic E-state index is 12.3. The zero-order valence-corrected chi connectivity index (χ0v) is 19.6. The van der Waals surface area contributed by atoms with Crippen molar-refractivity contribution in [2.24, 2.45) is 5.92 Å². The molecule has 0 aliphatic rings. The number of aliphatic carboxylic acids is 1. The molecule has 0 saturated carbocycles. The quantitative estimate of drug-likeness (QED) is 0.0969. The van der Waals surface area contributed by atoms with Crippen LogP contribution in [0.3, 0.4) is 0 Å². The summed E-state index contributed by atoms with van der Waals surface area (Å²) in [7, 11) is 5.67. The van der Waals surface area contributed by atoms with Crippen LogP contribution in [0.1, 0.15) is 103 Å². The number of nitrogens with zero attached hydrogens (tertiary/aromatic N) is 1. The average Bonchev–Trinajstić information content (AvgIpc) is 2.62. The first-order chi connectivity index (χ1) is 13.2. The van der Waals surface area contributed by atoms with Gasteiger partial charge in [-0.3, -0.25) is 4.79 Å². The molecule has 0 saturated heterocycles. The van der Waals surface area contributed by atoms with Crippen LogP contribution in [0.25, 0.3) is 0 Å². The second kappa shape index (κ2) is 16.2. The summed E-state index contributed by atoms with van der Waals surface area (Å²) < 4.78 is 0.414. The number of rotatable bonds is 19. The highest BCUT2D eigenvalue weighted by molar-refractivity contribution is 6.20. The molecule has 0 spiro atoms. The predicted molar refractivity (Wildman–Crippen MR) is 116 cm³/mol. The number of carbonyl (C=O) groups excluding carboxylic acids is 2. The van der Waals surface area contributed by atoms with Crippen molar-refractivity contribution >= 4 is 23.4 Å². The van der Waals surface area contributed by atoms with Crippen molar-refractivity contribution < 1.29 is 19.2 Å². The van der Waals surface area contributed by atoms with Crippen molar-refractivity contribution in [3.8, 4) is 0 Å². The Bertz CT molecular complexity index is 421. The molecule has 4 nitrogen and oxygen atoms in total. The van der Waals surface area contributed by atoms with E-state index in [2.05, 4.69) is 6.92 Å². The van der Waals surface area contributed by atoms with Gasteiger partial charge in [0, 0.05) is 12.8 Å². The van der Waals surface area contributed by atoms with E-state index < -0.39 is 17.4 Å². The molecule has 0 rings (SSSR count). The van der Waals surface area contributed by atoms with E-state index in [0.717, 1.165) is 19.3 Å². The average molecular weight is 418 g/mol. The lowest BCUT2D eigenvalue weighted by Gasteiger charge is -2.32. The number of ketones is 1. The van der Waals surface area contributed by atoms with Gasteiger partial charge in [0.2, 0.25) is 0 Å². The standard InChI is InChI=1S/C23H44ClNO3/c1-5-6-7-8-9-10-11-12-13-14-15-16-17-18-21(26)20(23(27)28)19-22(24)25(2,3)4/h20,22H,5-19H2,1-4H3. The Morgan fingerprint density at radius 3 is 1.54 bits per heavy atom. The van der Waals surface area contributed by atoms with Crippen molar-refractivity contribution in [1.82, 2.24) is 0 Å². The van der Waals surface area contributed by atoms with Crippen molar-refractivity contribution in [2.45, 2.75) is 109 Å². The molecular weight excluding hydrogens is 374 g/mol. The Morgan fingerprint density at radius 2 is 1.18 bits per heavy atom. The largest absolute Gasteiger partial charge is 0.549 e. The van der Waals surface area contributed by atoms with Gasteiger partial charge in [-0.1, -0.05) is 95.6 Å². The van der Waals surface area contributed by atoms with E-state index in [1.807, 2.05) is 21.1 Å². The van der Waals surface area contributed by atoms with Crippen LogP contribution in [0.5, 0.6) is 0 Å². The monoisotopic (exact) mass is 417 g/mol. The number of hydrogen-bond acceptors (Lipinski definition) is 3. The molecule has 0 aliphatic heterocycles. The highest BCUT2D eigenvalue weighted by atomic mass is 35.5. The number of halogens is 1. The molecule has 0 N–H and O–H groups in total. The fourth-order valence-corrected chi connectivity index (χ4v) is 3.54. The van der Waals surface area contributed by atoms with Crippen molar-refractivity contribution in [3.63, 3.8) is 0 Å². The van der Waals surface area contributed by atoms with Crippen LogP contribution in [-0.4, -0.2) is 42.9 Å². The van der Waals surface area contributed by atoms with Crippen LogP contribution in [0, 0.1) is 5.92 Å². The summed E-state index contributed by atoms with van der Waals surface area (Å²) >= 11 is 6.25. The molecule has 0 fully saturated rings. The summed E-state index contributed by atoms with van der Waals surface area (Å²) in [5.74, 6) is -2.61. The minimum atomic E-state index is -1.29. The summed E-state index contributed by atoms with van der Waals surface area (Å²) in [6, 6.07) is 0. The fraction of sp³-hybridized carbons (Fsp3) is 0.913. The summed E-state index contributed by atoms with van der Waals surface area (Å²) in [4.78, 5) is 23.6. The lowest BCUT2D eigenvalue weighted by molar-refractivity contribution is -0.883. The van der Waals surface area contributed by atoms with E-state index in [1.54, 1.807) is 0 Å². The molecule has 0 bridgehead atoms. The molecule has 0 aromatic rings. The summed E-state index contributed by atoms with van der Waals surface area (Å²) in [6.07, 6.45) is 16.6. The topological polar surface area (TPSA) is 57.2 Å². The van der Waals surface area contributed by atoms with Crippen LogP contribution in [0.2, 0.25) is 0 Å². The number of alkyl halides is 1. The molecule has 0 aliphatic carbocycles. The van der Waals surface area contributed by atoms with Gasteiger partial charge in [0.05, 0.1) is 33.0 Å². The van der Waals surface area contributed by atoms with E-state index in [0.29, 0.717) is 10.9 Å². The molecule has 166 valence electrons. The number of carbonyl (C=O) groups is 2. The van der Waals surface area contributed by atoms with E-state index in [9.17, 15) is 14.7 Å². The second-order valence-electron chi connectivity index (χ2n) is 9.12. The van der Waals surface area contributed by atoms with E-state index in [-0.39, 0.29) is 12.2 Å². The molecule has 0 radical (unpaired) electrons. The van der Waals surface area contributed by atoms with Gasteiger partial charge in [-0.05, 0) is 6.42 Å². The Balaban J connectivity index is 3.75. The van der Waals surface area contributed by atoms with Gasteiger partial charge in [-0.25, -0.2) is 0 Å². The maximum absolute atomic E-state index is 12.3. The summed E-state index contributed by atoms with van der Waals surface area (Å²) in [6.45, 7) is 2.25. The minimum absolute atomic E-state index is 0.130. The van der Waals surface area contributed by atoms with Crippen LogP contribution in [0.4, 0.5) is 0 Å². The van der Waals surface area contributed by atoms with Gasteiger partial charge < -0.3 is 14.4 Å². The van der Waals surface area contributed by atoms with Crippen molar-refractivity contribution in [3.05, 3.63) is 0 Å². The highest BCUT2D eigenvalue weighted by Crippen LogP contribution is 2.21. The van der Waals surface area contributed by atoms with Crippen LogP contribution < -0.4 is 5.11 Å². The molecule has 0 aromatic heterocycles. The highest BCUT2D eigenvalue weighted by Gasteiger charge is 2.29. The predicted octanol–water partition coefficient (Wildman–Crippen LogP) is 5.06. The van der Waals surface area contributed by atoms with E-state index in [1.165, 1.54) is 64.2 Å². The first-order valence-corrected chi connectivity index (χ1v) is 11.8. The molecule has 5 heteroatoms. The van der Waals surface area contributed by atoms with Gasteiger partial charge in [0.1, 0.15) is 5.78 Å². The van der Waals surface area contributed by atoms with Gasteiger partial charge in [0.25, 0.3) is 0 Å². The third-order valence-electron chi connectivity index (χ3n) is 5.47. The molecular formula is C23H44ClNO3. The minimum Gasteiger partial charge on any atom is -0.549 e. The molecule has 0 amide bonds. The second-order valence-corrected chi connectivity index (χ2v) is 9.62. The Hall–Kier alpha value is -0.610. The van der Waals surface area contributed by atoms with Crippen LogP contribution in [0.15, 0.2) is 0 Å². The number of unbranched alkanes of at least 4 members (excludes halogenated alkanes) is 12. The lowest BCUT2D eigenvalue weighted by Crippen LogP contribution is -2.46. The lowest BCUT2D eigenvalue weighted by atomic mass is 9.95. The van der Waals surface area contributed by atoms with Gasteiger partial charge in [-0.2, -0.15) is 0 Å². The molecule has 2 atom stereocenters. The van der Waals surface area contributed by atoms with E-state index in [4.69, 9.17) is 11.6 Å². The fourth-order valence-electron chi connectivity index (χ4n) is 3.36. The Labute approximate surface area is 178 Å². The smallest absolute Gasteiger partial charge is 0.165 e. The Morgan fingerprint density at radius 1 is 0.786 bits per heavy atom. The van der Waals surface area contributed by atoms with Gasteiger partial charge >= 0.3 is 0 Å². The number of Topliss-reactive ketones (excluding diaryl/α,β-unsaturated/α-hetero) is 1. The first kappa shape index (κ1) is 27.4. The van der Waals surface area contributed by atoms with Crippen molar-refractivity contribution in [2.75, 3.05) is 21.1 Å². The number of quaternary nitrogens is 1.